The molecule has 7 heteroatoms. The molecule has 2 N–H and O–H groups in total. The number of anilines is 1. The largest absolute Gasteiger partial charge is 0.383 e. The molecular formula is C19H23N7. The molecule has 7 nitrogen and oxygen atoms in total. The Morgan fingerprint density at radius 1 is 1.08 bits per heavy atom. The molecule has 0 bridgehead atoms. The second kappa shape index (κ2) is 6.30. The van der Waals surface area contributed by atoms with Crippen molar-refractivity contribution in [3.05, 3.63) is 34.4 Å². The first-order valence-corrected chi connectivity index (χ1v) is 8.55. The van der Waals surface area contributed by atoms with Crippen molar-refractivity contribution in [1.82, 2.24) is 24.5 Å². The number of hydrogen-bond donors (Lipinski definition) is 1. The number of nitriles is 1. The number of aryl methyl sites for hydroxylation is 4. The lowest BCUT2D eigenvalue weighted by Crippen LogP contribution is -2.02. The van der Waals surface area contributed by atoms with E-state index >= 15 is 0 Å². The van der Waals surface area contributed by atoms with Gasteiger partial charge in [0.25, 0.3) is 0 Å². The van der Waals surface area contributed by atoms with Crippen LogP contribution in [-0.4, -0.2) is 24.5 Å². The Morgan fingerprint density at radius 2 is 1.73 bits per heavy atom. The standard InChI is InChI=1S/C19H23N7/c1-7-26-13(5)18(11(3)24-26)16-8-14(15(9-20)19(21)22-16)17-10(2)23-25(6)12(17)4/h8H,7H2,1-6H3,(H2,21,22). The highest BCUT2D eigenvalue weighted by atomic mass is 15.3. The molecular weight excluding hydrogens is 326 g/mol. The van der Waals surface area contributed by atoms with Crippen LogP contribution < -0.4 is 5.73 Å². The summed E-state index contributed by atoms with van der Waals surface area (Å²) in [4.78, 5) is 4.51. The average molecular weight is 349 g/mol. The van der Waals surface area contributed by atoms with Gasteiger partial charge in [0.15, 0.2) is 0 Å². The van der Waals surface area contributed by atoms with Gasteiger partial charge in [0.05, 0.1) is 17.1 Å². The van der Waals surface area contributed by atoms with E-state index in [1.54, 1.807) is 0 Å². The van der Waals surface area contributed by atoms with Crippen molar-refractivity contribution in [3.63, 3.8) is 0 Å². The minimum absolute atomic E-state index is 0.228. The molecule has 3 heterocycles. The highest BCUT2D eigenvalue weighted by molar-refractivity contribution is 5.83. The number of nitrogen functional groups attached to an aromatic ring is 1. The summed E-state index contributed by atoms with van der Waals surface area (Å²) in [6.45, 7) is 10.7. The van der Waals surface area contributed by atoms with E-state index in [4.69, 9.17) is 5.73 Å². The smallest absolute Gasteiger partial charge is 0.142 e. The molecule has 3 rings (SSSR count). The molecule has 0 atom stereocenters. The molecule has 3 aromatic rings. The zero-order chi connectivity index (χ0) is 19.2. The summed E-state index contributed by atoms with van der Waals surface area (Å²) in [7, 11) is 1.89. The van der Waals surface area contributed by atoms with E-state index in [0.29, 0.717) is 5.56 Å². The summed E-state index contributed by atoms with van der Waals surface area (Å²) in [6.07, 6.45) is 0. The third kappa shape index (κ3) is 2.54. The normalized spacial score (nSPS) is 11.0. The van der Waals surface area contributed by atoms with Gasteiger partial charge in [-0.15, -0.1) is 0 Å². The number of pyridine rings is 1. The fraction of sp³-hybridized carbons (Fsp3) is 0.368. The number of nitrogens with zero attached hydrogens (tertiary/aromatic N) is 6. The summed E-state index contributed by atoms with van der Waals surface area (Å²) >= 11 is 0. The Balaban J connectivity index is 2.35. The first kappa shape index (κ1) is 17.7. The van der Waals surface area contributed by atoms with Crippen molar-refractivity contribution in [2.75, 3.05) is 5.73 Å². The third-order valence-corrected chi connectivity index (χ3v) is 4.87. The van der Waals surface area contributed by atoms with Crippen LogP contribution in [0, 0.1) is 39.0 Å². The number of rotatable bonds is 3. The molecule has 0 saturated carbocycles. The van der Waals surface area contributed by atoms with Gasteiger partial charge in [-0.05, 0) is 40.7 Å². The highest BCUT2D eigenvalue weighted by Crippen LogP contribution is 2.36. The van der Waals surface area contributed by atoms with E-state index in [-0.39, 0.29) is 5.82 Å². The quantitative estimate of drug-likeness (QED) is 0.783. The van der Waals surface area contributed by atoms with Crippen molar-refractivity contribution in [2.45, 2.75) is 41.2 Å². The summed E-state index contributed by atoms with van der Waals surface area (Å²) in [5.41, 5.74) is 13.7. The zero-order valence-corrected chi connectivity index (χ0v) is 16.0. The Bertz CT molecular complexity index is 1050. The van der Waals surface area contributed by atoms with Crippen LogP contribution in [0.25, 0.3) is 22.4 Å². The second-order valence-corrected chi connectivity index (χ2v) is 6.46. The predicted molar refractivity (Wildman–Crippen MR) is 101 cm³/mol. The maximum Gasteiger partial charge on any atom is 0.142 e. The summed E-state index contributed by atoms with van der Waals surface area (Å²) in [5, 5.41) is 18.7. The molecule has 0 aromatic carbocycles. The Labute approximate surface area is 153 Å². The topological polar surface area (TPSA) is 98.3 Å². The Morgan fingerprint density at radius 3 is 2.23 bits per heavy atom. The van der Waals surface area contributed by atoms with E-state index in [1.807, 2.05) is 50.2 Å². The highest BCUT2D eigenvalue weighted by Gasteiger charge is 2.22. The van der Waals surface area contributed by atoms with Crippen LogP contribution in [0.15, 0.2) is 6.07 Å². The molecule has 0 aliphatic rings. The molecule has 134 valence electrons. The van der Waals surface area contributed by atoms with E-state index in [2.05, 4.69) is 28.2 Å². The first-order chi connectivity index (χ1) is 12.3. The number of nitrogens with two attached hydrogens (primary N) is 1. The van der Waals surface area contributed by atoms with Crippen LogP contribution in [0.2, 0.25) is 0 Å². The van der Waals surface area contributed by atoms with E-state index in [9.17, 15) is 5.26 Å². The Kier molecular flexibility index (Phi) is 4.28. The second-order valence-electron chi connectivity index (χ2n) is 6.46. The van der Waals surface area contributed by atoms with E-state index < -0.39 is 0 Å². The van der Waals surface area contributed by atoms with Gasteiger partial charge in [-0.25, -0.2) is 4.98 Å². The molecule has 0 saturated heterocycles. The van der Waals surface area contributed by atoms with E-state index in [1.165, 1.54) is 0 Å². The van der Waals surface area contributed by atoms with Crippen molar-refractivity contribution in [1.29, 1.82) is 5.26 Å². The van der Waals surface area contributed by atoms with Crippen LogP contribution in [0.3, 0.4) is 0 Å². The van der Waals surface area contributed by atoms with Gasteiger partial charge >= 0.3 is 0 Å². The summed E-state index contributed by atoms with van der Waals surface area (Å²) < 4.78 is 3.76. The van der Waals surface area contributed by atoms with Crippen LogP contribution in [0.4, 0.5) is 5.82 Å². The lowest BCUT2D eigenvalue weighted by atomic mass is 9.96. The van der Waals surface area contributed by atoms with Crippen LogP contribution in [-0.2, 0) is 13.6 Å². The zero-order valence-electron chi connectivity index (χ0n) is 16.0. The average Bonchev–Trinajstić information content (AvgIpc) is 3.01. The van der Waals surface area contributed by atoms with Gasteiger partial charge in [0.1, 0.15) is 17.5 Å². The first-order valence-electron chi connectivity index (χ1n) is 8.55. The fourth-order valence-electron chi connectivity index (χ4n) is 3.55. The van der Waals surface area contributed by atoms with Crippen LogP contribution >= 0.6 is 0 Å². The molecule has 0 spiro atoms. The Hall–Kier alpha value is -3.14. The van der Waals surface area contributed by atoms with Crippen molar-refractivity contribution in [3.8, 4) is 28.5 Å². The summed E-state index contributed by atoms with van der Waals surface area (Å²) in [5.74, 6) is 0.228. The molecule has 0 radical (unpaired) electrons. The molecule has 0 aliphatic heterocycles. The predicted octanol–water partition coefficient (Wildman–Crippen LogP) is 3.05. The van der Waals surface area contributed by atoms with Crippen molar-refractivity contribution < 1.29 is 0 Å². The van der Waals surface area contributed by atoms with Gasteiger partial charge in [0.2, 0.25) is 0 Å². The maximum absolute atomic E-state index is 9.65. The molecule has 0 aliphatic carbocycles. The van der Waals surface area contributed by atoms with Gasteiger partial charge in [0, 0.05) is 41.7 Å². The van der Waals surface area contributed by atoms with Gasteiger partial charge < -0.3 is 5.73 Å². The van der Waals surface area contributed by atoms with Gasteiger partial charge in [-0.3, -0.25) is 9.36 Å². The van der Waals surface area contributed by atoms with Crippen molar-refractivity contribution in [2.24, 2.45) is 7.05 Å². The van der Waals surface area contributed by atoms with Crippen LogP contribution in [0.1, 0.15) is 35.3 Å². The molecule has 0 fully saturated rings. The lowest BCUT2D eigenvalue weighted by molar-refractivity contribution is 0.634. The lowest BCUT2D eigenvalue weighted by Gasteiger charge is -2.11. The third-order valence-electron chi connectivity index (χ3n) is 4.87. The molecule has 0 amide bonds. The minimum atomic E-state index is 0.228. The number of hydrogen-bond acceptors (Lipinski definition) is 5. The molecule has 3 aromatic heterocycles. The van der Waals surface area contributed by atoms with Gasteiger partial charge in [-0.2, -0.15) is 15.5 Å². The van der Waals surface area contributed by atoms with Gasteiger partial charge in [-0.1, -0.05) is 0 Å². The van der Waals surface area contributed by atoms with Crippen LogP contribution in [0.5, 0.6) is 0 Å². The number of aromatic nitrogens is 5. The van der Waals surface area contributed by atoms with E-state index in [0.717, 1.165) is 51.7 Å². The fourth-order valence-corrected chi connectivity index (χ4v) is 3.55. The SMILES string of the molecule is CCn1nc(C)c(-c2cc(-c3c(C)nn(C)c3C)c(C#N)c(N)n2)c1C. The summed E-state index contributed by atoms with van der Waals surface area (Å²) in [6, 6.07) is 4.14. The van der Waals surface area contributed by atoms with Crippen molar-refractivity contribution >= 4 is 5.82 Å². The maximum atomic E-state index is 9.65. The molecule has 26 heavy (non-hydrogen) atoms. The minimum Gasteiger partial charge on any atom is -0.383 e. The molecule has 0 unspecified atom stereocenters. The monoisotopic (exact) mass is 349 g/mol.